The second-order valence-corrected chi connectivity index (χ2v) is 3.82. The molecule has 0 aliphatic carbocycles. The zero-order valence-electron chi connectivity index (χ0n) is 9.67. The molecule has 1 amide bonds. The van der Waals surface area contributed by atoms with Crippen molar-refractivity contribution in [2.75, 3.05) is 38.2 Å². The zero-order chi connectivity index (χ0) is 12.3. The van der Waals surface area contributed by atoms with Gasteiger partial charge in [0.2, 0.25) is 5.88 Å². The number of carbonyl (C=O) groups is 1. The van der Waals surface area contributed by atoms with Crippen LogP contribution in [0.1, 0.15) is 0 Å². The fraction of sp³-hybridized carbons (Fsp3) is 0.455. The molecule has 0 saturated carbocycles. The molecule has 0 radical (unpaired) electrons. The molecule has 1 N–H and O–H groups in total. The molecule has 0 spiro atoms. The van der Waals surface area contributed by atoms with Crippen molar-refractivity contribution >= 4 is 11.8 Å². The first-order valence-corrected chi connectivity index (χ1v) is 5.43. The number of ether oxygens (including phenoxy) is 1. The molecule has 2 rings (SSSR count). The Hall–Kier alpha value is -1.98. The van der Waals surface area contributed by atoms with Gasteiger partial charge in [0.1, 0.15) is 0 Å². The second-order valence-electron chi connectivity index (χ2n) is 3.82. The van der Waals surface area contributed by atoms with Gasteiger partial charge in [-0.15, -0.1) is 0 Å². The summed E-state index contributed by atoms with van der Waals surface area (Å²) in [6.45, 7) is 2.45. The molecule has 2 heterocycles. The molecule has 0 bridgehead atoms. The lowest BCUT2D eigenvalue weighted by Crippen LogP contribution is -2.48. The second kappa shape index (κ2) is 4.90. The Morgan fingerprint density at radius 2 is 2.06 bits per heavy atom. The first kappa shape index (κ1) is 11.5. The van der Waals surface area contributed by atoms with Gasteiger partial charge in [-0.25, -0.2) is 9.78 Å². The molecule has 0 unspecified atom stereocenters. The van der Waals surface area contributed by atoms with Crippen molar-refractivity contribution in [1.82, 2.24) is 9.88 Å². The molecular formula is C11H15N3O3. The number of nitrogens with zero attached hydrogens (tertiary/aromatic N) is 3. The maximum absolute atomic E-state index is 10.8. The summed E-state index contributed by atoms with van der Waals surface area (Å²) in [6.07, 6.45) is 0.896. The van der Waals surface area contributed by atoms with Crippen LogP contribution < -0.4 is 9.64 Å². The maximum atomic E-state index is 10.8. The monoisotopic (exact) mass is 237 g/mol. The van der Waals surface area contributed by atoms with Gasteiger partial charge in [0, 0.05) is 32.2 Å². The van der Waals surface area contributed by atoms with Crippen molar-refractivity contribution in [2.45, 2.75) is 0 Å². The van der Waals surface area contributed by atoms with Crippen molar-refractivity contribution in [3.63, 3.8) is 0 Å². The van der Waals surface area contributed by atoms with E-state index in [0.29, 0.717) is 32.1 Å². The summed E-state index contributed by atoms with van der Waals surface area (Å²) in [5, 5.41) is 8.84. The van der Waals surface area contributed by atoms with Crippen LogP contribution in [-0.2, 0) is 0 Å². The minimum atomic E-state index is -0.850. The zero-order valence-corrected chi connectivity index (χ0v) is 9.67. The predicted octanol–water partition coefficient (Wildman–Crippen LogP) is 0.890. The lowest BCUT2D eigenvalue weighted by atomic mass is 10.3. The average Bonchev–Trinajstić information content (AvgIpc) is 2.39. The largest absolute Gasteiger partial charge is 0.481 e. The van der Waals surface area contributed by atoms with Gasteiger partial charge >= 0.3 is 6.09 Å². The molecule has 0 aromatic carbocycles. The smallest absolute Gasteiger partial charge is 0.407 e. The first-order valence-electron chi connectivity index (χ1n) is 5.43. The van der Waals surface area contributed by atoms with Crippen molar-refractivity contribution in [1.29, 1.82) is 0 Å². The van der Waals surface area contributed by atoms with Crippen molar-refractivity contribution in [3.8, 4) is 5.88 Å². The summed E-state index contributed by atoms with van der Waals surface area (Å²) in [5.41, 5.74) is 0.996. The standard InChI is InChI=1S/C11H15N3O3/c1-17-10-3-2-9(8-12-10)13-4-6-14(7-5-13)11(15)16/h2-3,8H,4-7H2,1H3,(H,15,16). The van der Waals surface area contributed by atoms with Gasteiger partial charge in [0.15, 0.2) is 0 Å². The van der Waals surface area contributed by atoms with Crippen LogP contribution >= 0.6 is 0 Å². The number of anilines is 1. The van der Waals surface area contributed by atoms with Crippen LogP contribution in [0.15, 0.2) is 18.3 Å². The normalized spacial score (nSPS) is 15.8. The van der Waals surface area contributed by atoms with E-state index in [9.17, 15) is 4.79 Å². The third-order valence-electron chi connectivity index (χ3n) is 2.85. The highest BCUT2D eigenvalue weighted by Crippen LogP contribution is 2.17. The Balaban J connectivity index is 1.97. The fourth-order valence-electron chi connectivity index (χ4n) is 1.84. The summed E-state index contributed by atoms with van der Waals surface area (Å²) in [7, 11) is 1.58. The van der Waals surface area contributed by atoms with Gasteiger partial charge in [0.25, 0.3) is 0 Å². The number of carboxylic acid groups (broad SMARTS) is 1. The van der Waals surface area contributed by atoms with E-state index in [-0.39, 0.29) is 0 Å². The summed E-state index contributed by atoms with van der Waals surface area (Å²) in [4.78, 5) is 18.4. The molecule has 1 aliphatic heterocycles. The minimum Gasteiger partial charge on any atom is -0.481 e. The van der Waals surface area contributed by atoms with Crippen LogP contribution in [0, 0.1) is 0 Å². The summed E-state index contributed by atoms with van der Waals surface area (Å²) in [6, 6.07) is 3.74. The fourth-order valence-corrected chi connectivity index (χ4v) is 1.84. The van der Waals surface area contributed by atoms with E-state index in [0.717, 1.165) is 5.69 Å². The number of methoxy groups -OCH3 is 1. The Kier molecular flexibility index (Phi) is 3.32. The van der Waals surface area contributed by atoms with Crippen LogP contribution in [0.3, 0.4) is 0 Å². The van der Waals surface area contributed by atoms with E-state index in [2.05, 4.69) is 9.88 Å². The van der Waals surface area contributed by atoms with Crippen molar-refractivity contribution < 1.29 is 14.6 Å². The van der Waals surface area contributed by atoms with Crippen LogP contribution in [0.2, 0.25) is 0 Å². The summed E-state index contributed by atoms with van der Waals surface area (Å²) >= 11 is 0. The van der Waals surface area contributed by atoms with Crippen LogP contribution in [0.4, 0.5) is 10.5 Å². The Bertz CT molecular complexity index is 385. The van der Waals surface area contributed by atoms with Gasteiger partial charge in [-0.1, -0.05) is 0 Å². The molecule has 1 aromatic rings. The highest BCUT2D eigenvalue weighted by molar-refractivity contribution is 5.65. The van der Waals surface area contributed by atoms with Gasteiger partial charge in [-0.2, -0.15) is 0 Å². The average molecular weight is 237 g/mol. The lowest BCUT2D eigenvalue weighted by Gasteiger charge is -2.34. The predicted molar refractivity (Wildman–Crippen MR) is 62.6 cm³/mol. The van der Waals surface area contributed by atoms with E-state index < -0.39 is 6.09 Å². The molecule has 6 nitrogen and oxygen atoms in total. The Labute approximate surface area is 99.4 Å². The van der Waals surface area contributed by atoms with Gasteiger partial charge < -0.3 is 19.6 Å². The number of piperazine rings is 1. The quantitative estimate of drug-likeness (QED) is 0.827. The number of pyridine rings is 1. The SMILES string of the molecule is COc1ccc(N2CCN(C(=O)O)CC2)cn1. The van der Waals surface area contributed by atoms with E-state index in [1.165, 1.54) is 4.90 Å². The highest BCUT2D eigenvalue weighted by Gasteiger charge is 2.20. The van der Waals surface area contributed by atoms with E-state index in [1.807, 2.05) is 6.07 Å². The number of aromatic nitrogens is 1. The van der Waals surface area contributed by atoms with E-state index in [4.69, 9.17) is 9.84 Å². The molecule has 1 aliphatic rings. The maximum Gasteiger partial charge on any atom is 0.407 e. The van der Waals surface area contributed by atoms with Crippen molar-refractivity contribution in [2.24, 2.45) is 0 Å². The van der Waals surface area contributed by atoms with E-state index >= 15 is 0 Å². The van der Waals surface area contributed by atoms with E-state index in [1.54, 1.807) is 19.4 Å². The number of hydrogen-bond donors (Lipinski definition) is 1. The lowest BCUT2D eigenvalue weighted by molar-refractivity contribution is 0.142. The summed E-state index contributed by atoms with van der Waals surface area (Å²) < 4.78 is 4.99. The number of hydrogen-bond acceptors (Lipinski definition) is 4. The van der Waals surface area contributed by atoms with Gasteiger partial charge in [-0.05, 0) is 6.07 Å². The van der Waals surface area contributed by atoms with Crippen LogP contribution in [0.25, 0.3) is 0 Å². The molecule has 92 valence electrons. The Morgan fingerprint density at radius 1 is 1.35 bits per heavy atom. The molecule has 6 heteroatoms. The molecular weight excluding hydrogens is 222 g/mol. The highest BCUT2D eigenvalue weighted by atomic mass is 16.5. The first-order chi connectivity index (χ1) is 8.20. The Morgan fingerprint density at radius 3 is 2.53 bits per heavy atom. The summed E-state index contributed by atoms with van der Waals surface area (Å²) in [5.74, 6) is 0.581. The molecule has 1 saturated heterocycles. The van der Waals surface area contributed by atoms with Crippen molar-refractivity contribution in [3.05, 3.63) is 18.3 Å². The molecule has 1 fully saturated rings. The number of rotatable bonds is 2. The topological polar surface area (TPSA) is 65.9 Å². The van der Waals surface area contributed by atoms with Gasteiger partial charge in [0.05, 0.1) is 19.0 Å². The van der Waals surface area contributed by atoms with Crippen LogP contribution in [-0.4, -0.2) is 54.4 Å². The molecule has 0 atom stereocenters. The minimum absolute atomic E-state index is 0.529. The molecule has 1 aromatic heterocycles. The molecule has 17 heavy (non-hydrogen) atoms. The third-order valence-corrected chi connectivity index (χ3v) is 2.85. The third kappa shape index (κ3) is 2.58. The van der Waals surface area contributed by atoms with Crippen LogP contribution in [0.5, 0.6) is 5.88 Å². The van der Waals surface area contributed by atoms with Gasteiger partial charge in [-0.3, -0.25) is 0 Å². The number of amides is 1.